The van der Waals surface area contributed by atoms with E-state index in [1.54, 1.807) is 0 Å². The molecule has 0 aliphatic rings. The highest BCUT2D eigenvalue weighted by molar-refractivity contribution is 5.29. The van der Waals surface area contributed by atoms with Crippen molar-refractivity contribution in [2.75, 3.05) is 0 Å². The first-order valence-corrected chi connectivity index (χ1v) is 5.81. The molecule has 1 rings (SSSR count). The van der Waals surface area contributed by atoms with E-state index >= 15 is 0 Å². The van der Waals surface area contributed by atoms with Crippen LogP contribution in [0, 0.1) is 0 Å². The van der Waals surface area contributed by atoms with E-state index in [4.69, 9.17) is 5.73 Å². The molecule has 0 heterocycles. The lowest BCUT2D eigenvalue weighted by atomic mass is 9.86. The molecule has 0 aliphatic carbocycles. The van der Waals surface area contributed by atoms with Crippen LogP contribution in [0.3, 0.4) is 0 Å². The Morgan fingerprint density at radius 3 is 2.07 bits per heavy atom. The van der Waals surface area contributed by atoms with Crippen LogP contribution in [0.5, 0.6) is 0 Å². The molecule has 0 saturated heterocycles. The fourth-order valence-corrected chi connectivity index (χ4v) is 1.71. The molecule has 0 radical (unpaired) electrons. The van der Waals surface area contributed by atoms with Gasteiger partial charge in [0.05, 0.1) is 0 Å². The molecule has 0 spiro atoms. The Hall–Kier alpha value is -0.820. The second kappa shape index (κ2) is 4.80. The summed E-state index contributed by atoms with van der Waals surface area (Å²) in [5.41, 5.74) is 8.92. The Labute approximate surface area is 93.7 Å². The minimum Gasteiger partial charge on any atom is -0.324 e. The van der Waals surface area contributed by atoms with Crippen LogP contribution in [0.25, 0.3) is 0 Å². The van der Waals surface area contributed by atoms with E-state index in [9.17, 15) is 0 Å². The maximum absolute atomic E-state index is 6.06. The van der Waals surface area contributed by atoms with Crippen LogP contribution in [-0.4, -0.2) is 0 Å². The smallest absolute Gasteiger partial charge is 0.0294 e. The molecule has 0 saturated carbocycles. The van der Waals surface area contributed by atoms with Gasteiger partial charge in [-0.2, -0.15) is 0 Å². The predicted octanol–water partition coefficient (Wildman–Crippen LogP) is 3.78. The molecule has 1 nitrogen and oxygen atoms in total. The summed E-state index contributed by atoms with van der Waals surface area (Å²) in [6.07, 6.45) is 2.21. The third kappa shape index (κ3) is 3.35. The summed E-state index contributed by atoms with van der Waals surface area (Å²) in [5.74, 6) is 0. The van der Waals surface area contributed by atoms with Gasteiger partial charge in [-0.05, 0) is 23.0 Å². The molecule has 1 aromatic carbocycles. The number of rotatable bonds is 3. The lowest BCUT2D eigenvalue weighted by Gasteiger charge is -2.20. The monoisotopic (exact) mass is 205 g/mol. The lowest BCUT2D eigenvalue weighted by molar-refractivity contribution is 0.588. The van der Waals surface area contributed by atoms with Gasteiger partial charge >= 0.3 is 0 Å². The largest absolute Gasteiger partial charge is 0.324 e. The standard InChI is InChI=1S/C14H23N/c1-5-6-13(15)11-7-9-12(10-8-11)14(2,3)4/h7-10,13H,5-6,15H2,1-4H3/t13-/m1/s1. The second-order valence-electron chi connectivity index (χ2n) is 5.27. The van der Waals surface area contributed by atoms with Gasteiger partial charge in [0.2, 0.25) is 0 Å². The zero-order valence-corrected chi connectivity index (χ0v) is 10.4. The molecule has 1 atom stereocenters. The van der Waals surface area contributed by atoms with Gasteiger partial charge in [0.25, 0.3) is 0 Å². The molecule has 2 N–H and O–H groups in total. The second-order valence-corrected chi connectivity index (χ2v) is 5.27. The molecular weight excluding hydrogens is 182 g/mol. The van der Waals surface area contributed by atoms with E-state index in [2.05, 4.69) is 52.0 Å². The van der Waals surface area contributed by atoms with Crippen molar-refractivity contribution in [3.63, 3.8) is 0 Å². The maximum Gasteiger partial charge on any atom is 0.0294 e. The topological polar surface area (TPSA) is 26.0 Å². The summed E-state index contributed by atoms with van der Waals surface area (Å²) in [6, 6.07) is 8.93. The predicted molar refractivity (Wildman–Crippen MR) is 67.0 cm³/mol. The Kier molecular flexibility index (Phi) is 3.92. The minimum atomic E-state index is 0.198. The first-order valence-electron chi connectivity index (χ1n) is 5.81. The van der Waals surface area contributed by atoms with E-state index < -0.39 is 0 Å². The molecule has 0 unspecified atom stereocenters. The summed E-state index contributed by atoms with van der Waals surface area (Å²) in [4.78, 5) is 0. The minimum absolute atomic E-state index is 0.198. The van der Waals surface area contributed by atoms with Gasteiger partial charge < -0.3 is 5.73 Å². The van der Waals surface area contributed by atoms with Gasteiger partial charge in [0, 0.05) is 6.04 Å². The summed E-state index contributed by atoms with van der Waals surface area (Å²) in [7, 11) is 0. The molecule has 1 heteroatoms. The van der Waals surface area contributed by atoms with E-state index in [0.717, 1.165) is 12.8 Å². The first kappa shape index (κ1) is 12.3. The molecule has 15 heavy (non-hydrogen) atoms. The van der Waals surface area contributed by atoms with Crippen LogP contribution in [0.15, 0.2) is 24.3 Å². The molecule has 0 bridgehead atoms. The third-order valence-corrected chi connectivity index (χ3v) is 2.80. The molecule has 84 valence electrons. The van der Waals surface area contributed by atoms with Crippen molar-refractivity contribution in [1.82, 2.24) is 0 Å². The van der Waals surface area contributed by atoms with Crippen molar-refractivity contribution in [2.24, 2.45) is 5.73 Å². The number of nitrogens with two attached hydrogens (primary N) is 1. The zero-order chi connectivity index (χ0) is 11.5. The van der Waals surface area contributed by atoms with Crippen LogP contribution in [0.2, 0.25) is 0 Å². The van der Waals surface area contributed by atoms with E-state index in [-0.39, 0.29) is 11.5 Å². The van der Waals surface area contributed by atoms with Crippen LogP contribution in [0.1, 0.15) is 57.7 Å². The normalized spacial score (nSPS) is 13.9. The molecule has 0 aromatic heterocycles. The van der Waals surface area contributed by atoms with Gasteiger partial charge in [-0.25, -0.2) is 0 Å². The van der Waals surface area contributed by atoms with Gasteiger partial charge in [0.15, 0.2) is 0 Å². The Balaban J connectivity index is 2.81. The maximum atomic E-state index is 6.06. The number of hydrogen-bond donors (Lipinski definition) is 1. The molecule has 0 amide bonds. The van der Waals surface area contributed by atoms with Gasteiger partial charge in [-0.1, -0.05) is 58.4 Å². The molecular formula is C14H23N. The summed E-state index contributed by atoms with van der Waals surface area (Å²) in [6.45, 7) is 8.86. The molecule has 0 fully saturated rings. The zero-order valence-electron chi connectivity index (χ0n) is 10.4. The Morgan fingerprint density at radius 2 is 1.67 bits per heavy atom. The summed E-state index contributed by atoms with van der Waals surface area (Å²) in [5, 5.41) is 0. The SMILES string of the molecule is CCC[C@@H](N)c1ccc(C(C)(C)C)cc1. The quantitative estimate of drug-likeness (QED) is 0.798. The van der Waals surface area contributed by atoms with Crippen molar-refractivity contribution in [3.8, 4) is 0 Å². The van der Waals surface area contributed by atoms with Crippen molar-refractivity contribution in [1.29, 1.82) is 0 Å². The summed E-state index contributed by atoms with van der Waals surface area (Å²) >= 11 is 0. The lowest BCUT2D eigenvalue weighted by Crippen LogP contribution is -2.13. The van der Waals surface area contributed by atoms with Crippen molar-refractivity contribution in [2.45, 2.75) is 52.0 Å². The molecule has 1 aromatic rings. The highest BCUT2D eigenvalue weighted by atomic mass is 14.6. The highest BCUT2D eigenvalue weighted by Gasteiger charge is 2.13. The van der Waals surface area contributed by atoms with Crippen LogP contribution >= 0.6 is 0 Å². The fourth-order valence-electron chi connectivity index (χ4n) is 1.71. The van der Waals surface area contributed by atoms with Crippen LogP contribution < -0.4 is 5.73 Å². The van der Waals surface area contributed by atoms with Crippen molar-refractivity contribution >= 4 is 0 Å². The van der Waals surface area contributed by atoms with Gasteiger partial charge in [0.1, 0.15) is 0 Å². The molecule has 0 aliphatic heterocycles. The van der Waals surface area contributed by atoms with Crippen LogP contribution in [-0.2, 0) is 5.41 Å². The Morgan fingerprint density at radius 1 is 1.13 bits per heavy atom. The third-order valence-electron chi connectivity index (χ3n) is 2.80. The fraction of sp³-hybridized carbons (Fsp3) is 0.571. The van der Waals surface area contributed by atoms with E-state index in [1.165, 1.54) is 11.1 Å². The highest BCUT2D eigenvalue weighted by Crippen LogP contribution is 2.24. The average molecular weight is 205 g/mol. The summed E-state index contributed by atoms with van der Waals surface area (Å²) < 4.78 is 0. The van der Waals surface area contributed by atoms with Crippen molar-refractivity contribution in [3.05, 3.63) is 35.4 Å². The van der Waals surface area contributed by atoms with E-state index in [0.29, 0.717) is 0 Å². The van der Waals surface area contributed by atoms with Crippen LogP contribution in [0.4, 0.5) is 0 Å². The first-order chi connectivity index (χ1) is 6.95. The van der Waals surface area contributed by atoms with E-state index in [1.807, 2.05) is 0 Å². The average Bonchev–Trinajstić information content (AvgIpc) is 2.17. The Bertz CT molecular complexity index is 292. The van der Waals surface area contributed by atoms with Crippen molar-refractivity contribution < 1.29 is 0 Å². The number of hydrogen-bond acceptors (Lipinski definition) is 1. The number of benzene rings is 1. The van der Waals surface area contributed by atoms with Gasteiger partial charge in [-0.3, -0.25) is 0 Å². The van der Waals surface area contributed by atoms with Gasteiger partial charge in [-0.15, -0.1) is 0 Å².